The topological polar surface area (TPSA) is 92.2 Å². The molecule has 5 heteroatoms. The minimum Gasteiger partial charge on any atom is -0.865 e. The summed E-state index contributed by atoms with van der Waals surface area (Å²) in [5.41, 5.74) is 0. The summed E-state index contributed by atoms with van der Waals surface area (Å²) in [6.07, 6.45) is 8.36. The molecule has 0 amide bonds. The van der Waals surface area contributed by atoms with Crippen LogP contribution >= 0.6 is 0 Å². The van der Waals surface area contributed by atoms with Crippen LogP contribution < -0.4 is 20.4 Å². The van der Waals surface area contributed by atoms with Gasteiger partial charge in [-0.05, 0) is 0 Å². The average molecular weight is 317 g/mol. The maximum absolute atomic E-state index is 10.0. The summed E-state index contributed by atoms with van der Waals surface area (Å²) in [4.78, 5) is 0. The Labute approximate surface area is 135 Å². The smallest absolute Gasteiger partial charge is 0.865 e. The van der Waals surface area contributed by atoms with Gasteiger partial charge in [0.25, 0.3) is 0 Å². The zero-order valence-corrected chi connectivity index (χ0v) is 14.8. The summed E-state index contributed by atoms with van der Waals surface area (Å²) in [6, 6.07) is 0. The van der Waals surface area contributed by atoms with Crippen LogP contribution in [0.3, 0.4) is 0 Å². The van der Waals surface area contributed by atoms with E-state index in [0.29, 0.717) is 12.8 Å². The van der Waals surface area contributed by atoms with Gasteiger partial charge in [-0.1, -0.05) is 90.9 Å². The summed E-state index contributed by atoms with van der Waals surface area (Å²) >= 11 is 0. The third-order valence-corrected chi connectivity index (χ3v) is 3.09. The normalized spacial score (nSPS) is 10.3. The fourth-order valence-electron chi connectivity index (χ4n) is 1.83. The minimum atomic E-state index is -1.60. The molecular formula is C16H32O4Si. The van der Waals surface area contributed by atoms with Crippen molar-refractivity contribution in [1.82, 2.24) is 0 Å². The van der Waals surface area contributed by atoms with Crippen molar-refractivity contribution in [3.05, 3.63) is 0 Å². The molecule has 4 nitrogen and oxygen atoms in total. The van der Waals surface area contributed by atoms with Crippen molar-refractivity contribution < 1.29 is 20.4 Å². The second-order valence-electron chi connectivity index (χ2n) is 5.26. The molecule has 0 fully saturated rings. The van der Waals surface area contributed by atoms with Crippen LogP contribution in [0.4, 0.5) is 0 Å². The van der Waals surface area contributed by atoms with Crippen molar-refractivity contribution >= 4 is 11.0 Å². The Balaban J connectivity index is -0.000000295. The van der Waals surface area contributed by atoms with Gasteiger partial charge in [-0.2, -0.15) is 0 Å². The molecule has 0 heterocycles. The van der Waals surface area contributed by atoms with Crippen molar-refractivity contribution in [3.8, 4) is 0 Å². The molecule has 0 aliphatic heterocycles. The first-order valence-electron chi connectivity index (χ1n) is 8.17. The fraction of sp³-hybridized carbons (Fsp3) is 1.00. The van der Waals surface area contributed by atoms with Crippen LogP contribution in [-0.4, -0.2) is 23.5 Å². The molecule has 21 heavy (non-hydrogen) atoms. The van der Waals surface area contributed by atoms with E-state index in [1.165, 1.54) is 38.5 Å². The van der Waals surface area contributed by atoms with E-state index in [9.17, 15) is 20.4 Å². The molecule has 0 saturated carbocycles. The van der Waals surface area contributed by atoms with E-state index in [4.69, 9.17) is 0 Å². The van der Waals surface area contributed by atoms with E-state index in [-0.39, 0.29) is 11.0 Å². The quantitative estimate of drug-likeness (QED) is 0.296. The molecule has 0 N–H and O–H groups in total. The first kappa shape index (κ1) is 26.0. The van der Waals surface area contributed by atoms with E-state index < -0.39 is 12.6 Å². The summed E-state index contributed by atoms with van der Waals surface area (Å²) < 4.78 is 0. The van der Waals surface area contributed by atoms with E-state index in [1.54, 1.807) is 0 Å². The van der Waals surface area contributed by atoms with Crippen molar-refractivity contribution in [2.75, 3.05) is 0 Å². The van der Waals surface area contributed by atoms with Crippen molar-refractivity contribution in [2.45, 2.75) is 103 Å². The average Bonchev–Trinajstić information content (AvgIpc) is 2.38. The standard InChI is InChI=1S/2C8H16O2.Si/c2*1-2-3-4-5-6-7-8(9)10;/h2*8H,2-7H2,1H3;/q2*-2;+4. The molecule has 0 rings (SSSR count). The maximum atomic E-state index is 10.0. The molecule has 0 radical (unpaired) electrons. The molecule has 0 aromatic rings. The van der Waals surface area contributed by atoms with Gasteiger partial charge < -0.3 is 20.4 Å². The Hall–Kier alpha value is 0.0569. The zero-order valence-electron chi connectivity index (χ0n) is 13.8. The van der Waals surface area contributed by atoms with E-state index in [2.05, 4.69) is 13.8 Å². The molecular weight excluding hydrogens is 284 g/mol. The maximum Gasteiger partial charge on any atom is 4.00 e. The van der Waals surface area contributed by atoms with E-state index >= 15 is 0 Å². The molecule has 0 aliphatic rings. The molecule has 0 atom stereocenters. The van der Waals surface area contributed by atoms with Gasteiger partial charge in [0.2, 0.25) is 0 Å². The predicted octanol–water partition coefficient (Wildman–Crippen LogP) is 0.406. The number of rotatable bonds is 12. The largest absolute Gasteiger partial charge is 4.00 e. The molecule has 0 unspecified atom stereocenters. The van der Waals surface area contributed by atoms with Crippen LogP contribution in [0.25, 0.3) is 0 Å². The van der Waals surface area contributed by atoms with Gasteiger partial charge in [0, 0.05) is 0 Å². The van der Waals surface area contributed by atoms with E-state index in [0.717, 1.165) is 25.7 Å². The Morgan fingerprint density at radius 3 is 1.05 bits per heavy atom. The first-order valence-corrected chi connectivity index (χ1v) is 8.17. The second-order valence-corrected chi connectivity index (χ2v) is 5.26. The number of hydrogen-bond acceptors (Lipinski definition) is 4. The minimum absolute atomic E-state index is 0. The van der Waals surface area contributed by atoms with Crippen LogP contribution in [-0.2, 0) is 0 Å². The van der Waals surface area contributed by atoms with E-state index in [1.807, 2.05) is 0 Å². The number of hydrogen-bond donors (Lipinski definition) is 0. The summed E-state index contributed by atoms with van der Waals surface area (Å²) in [5, 5.41) is 40.0. The van der Waals surface area contributed by atoms with Crippen molar-refractivity contribution in [1.29, 1.82) is 0 Å². The fourth-order valence-corrected chi connectivity index (χ4v) is 1.83. The van der Waals surface area contributed by atoms with Crippen LogP contribution in [0.5, 0.6) is 0 Å². The molecule has 0 saturated heterocycles. The van der Waals surface area contributed by atoms with Gasteiger partial charge in [0.1, 0.15) is 0 Å². The monoisotopic (exact) mass is 316 g/mol. The first-order chi connectivity index (χ1) is 9.54. The summed E-state index contributed by atoms with van der Waals surface area (Å²) in [7, 11) is 0. The Morgan fingerprint density at radius 1 is 0.524 bits per heavy atom. The predicted molar refractivity (Wildman–Crippen MR) is 80.1 cm³/mol. The molecule has 0 aromatic heterocycles. The molecule has 0 spiro atoms. The molecule has 0 aromatic carbocycles. The summed E-state index contributed by atoms with van der Waals surface area (Å²) in [5.74, 6) is 0. The van der Waals surface area contributed by atoms with Gasteiger partial charge in [0.05, 0.1) is 0 Å². The number of unbranched alkanes of at least 4 members (excludes halogenated alkanes) is 8. The van der Waals surface area contributed by atoms with Crippen molar-refractivity contribution in [3.63, 3.8) is 0 Å². The molecule has 0 bridgehead atoms. The van der Waals surface area contributed by atoms with Crippen LogP contribution in [0.2, 0.25) is 0 Å². The Morgan fingerprint density at radius 2 is 0.810 bits per heavy atom. The Bertz CT molecular complexity index is 148. The van der Waals surface area contributed by atoms with Crippen LogP contribution in [0.1, 0.15) is 90.9 Å². The summed E-state index contributed by atoms with van der Waals surface area (Å²) in [6.45, 7) is 4.29. The van der Waals surface area contributed by atoms with Gasteiger partial charge in [0.15, 0.2) is 0 Å². The third kappa shape index (κ3) is 33.1. The van der Waals surface area contributed by atoms with Gasteiger partial charge in [-0.3, -0.25) is 0 Å². The molecule has 0 aliphatic carbocycles. The van der Waals surface area contributed by atoms with Gasteiger partial charge in [-0.15, -0.1) is 0 Å². The van der Waals surface area contributed by atoms with Crippen LogP contribution in [0, 0.1) is 0 Å². The SMILES string of the molecule is CCCCCCCC([O-])[O-].CCCCCCCC([O-])[O-].[Si+4]. The van der Waals surface area contributed by atoms with Crippen molar-refractivity contribution in [2.24, 2.45) is 0 Å². The molecule has 124 valence electrons. The second kappa shape index (κ2) is 22.3. The third-order valence-electron chi connectivity index (χ3n) is 3.09. The Kier molecular flexibility index (Phi) is 27.6. The van der Waals surface area contributed by atoms with Crippen LogP contribution in [0.15, 0.2) is 0 Å². The van der Waals surface area contributed by atoms with Gasteiger partial charge >= 0.3 is 11.0 Å². The zero-order chi connectivity index (χ0) is 15.6. The van der Waals surface area contributed by atoms with Gasteiger partial charge in [-0.25, -0.2) is 12.6 Å².